The van der Waals surface area contributed by atoms with Gasteiger partial charge in [0.2, 0.25) is 11.7 Å². The van der Waals surface area contributed by atoms with Gasteiger partial charge in [0.25, 0.3) is 0 Å². The van der Waals surface area contributed by atoms with Crippen molar-refractivity contribution in [3.05, 3.63) is 36.2 Å². The number of hydrogen-bond donors (Lipinski definition) is 1. The van der Waals surface area contributed by atoms with E-state index in [2.05, 4.69) is 10.1 Å². The summed E-state index contributed by atoms with van der Waals surface area (Å²) in [6.45, 7) is 0.685. The fraction of sp³-hybridized carbons (Fsp3) is 0.286. The first-order valence-corrected chi connectivity index (χ1v) is 6.38. The lowest BCUT2D eigenvalue weighted by Crippen LogP contribution is -1.99. The summed E-state index contributed by atoms with van der Waals surface area (Å²) in [5.74, 6) is 1.76. The molecule has 0 aliphatic heterocycles. The van der Waals surface area contributed by atoms with Gasteiger partial charge in [-0.2, -0.15) is 4.98 Å². The molecule has 0 aliphatic carbocycles. The molecule has 3 aromatic rings. The lowest BCUT2D eigenvalue weighted by atomic mass is 10.2. The Morgan fingerprint density at radius 3 is 2.89 bits per heavy atom. The second kappa shape index (κ2) is 5.24. The van der Waals surface area contributed by atoms with Gasteiger partial charge >= 0.3 is 0 Å². The van der Waals surface area contributed by atoms with E-state index in [0.717, 1.165) is 30.2 Å². The van der Waals surface area contributed by atoms with Crippen LogP contribution in [0.3, 0.4) is 0 Å². The summed E-state index contributed by atoms with van der Waals surface area (Å²) < 4.78 is 10.9. The third-order valence-corrected chi connectivity index (χ3v) is 2.96. The van der Waals surface area contributed by atoms with Gasteiger partial charge in [0.1, 0.15) is 5.58 Å². The number of unbranched alkanes of at least 4 members (excludes halogenated alkanes) is 1. The Hall–Kier alpha value is -2.14. The first kappa shape index (κ1) is 11.9. The van der Waals surface area contributed by atoms with Gasteiger partial charge in [0.15, 0.2) is 5.76 Å². The number of furan rings is 1. The molecule has 0 amide bonds. The maximum Gasteiger partial charge on any atom is 0.238 e. The molecule has 1 aromatic carbocycles. The molecule has 0 bridgehead atoms. The van der Waals surface area contributed by atoms with E-state index in [-0.39, 0.29) is 0 Å². The van der Waals surface area contributed by atoms with Crippen molar-refractivity contribution < 1.29 is 8.94 Å². The molecule has 0 radical (unpaired) electrons. The van der Waals surface area contributed by atoms with Crippen LogP contribution >= 0.6 is 0 Å². The van der Waals surface area contributed by atoms with Crippen LogP contribution in [-0.4, -0.2) is 16.7 Å². The predicted octanol–water partition coefficient (Wildman–Crippen LogP) is 2.76. The lowest BCUT2D eigenvalue weighted by Gasteiger charge is -1.91. The number of para-hydroxylation sites is 1. The Bertz CT molecular complexity index is 639. The Balaban J connectivity index is 1.81. The van der Waals surface area contributed by atoms with Crippen molar-refractivity contribution in [2.24, 2.45) is 5.73 Å². The zero-order chi connectivity index (χ0) is 13.1. The summed E-state index contributed by atoms with van der Waals surface area (Å²) in [6, 6.07) is 9.73. The van der Waals surface area contributed by atoms with Gasteiger partial charge in [0.05, 0.1) is 0 Å². The molecule has 5 nitrogen and oxygen atoms in total. The van der Waals surface area contributed by atoms with Gasteiger partial charge in [-0.05, 0) is 31.5 Å². The van der Waals surface area contributed by atoms with Crippen molar-refractivity contribution in [1.82, 2.24) is 10.1 Å². The predicted molar refractivity (Wildman–Crippen MR) is 71.5 cm³/mol. The van der Waals surface area contributed by atoms with E-state index in [1.807, 2.05) is 30.3 Å². The molecule has 0 aliphatic rings. The maximum atomic E-state index is 5.69. The SMILES string of the molecule is NCCCCc1nc(-c2cc3ccccc3o2)no1. The molecule has 0 fully saturated rings. The van der Waals surface area contributed by atoms with Crippen molar-refractivity contribution in [3.8, 4) is 11.6 Å². The first-order chi connectivity index (χ1) is 9.36. The summed E-state index contributed by atoms with van der Waals surface area (Å²) >= 11 is 0. The van der Waals surface area contributed by atoms with Crippen LogP contribution < -0.4 is 5.73 Å². The van der Waals surface area contributed by atoms with Crippen molar-refractivity contribution in [2.75, 3.05) is 6.54 Å². The van der Waals surface area contributed by atoms with Gasteiger partial charge < -0.3 is 14.7 Å². The Kier molecular flexibility index (Phi) is 3.29. The Morgan fingerprint density at radius 1 is 1.16 bits per heavy atom. The van der Waals surface area contributed by atoms with Gasteiger partial charge in [-0.1, -0.05) is 23.4 Å². The van der Waals surface area contributed by atoms with Gasteiger partial charge in [-0.25, -0.2) is 0 Å². The molecule has 0 atom stereocenters. The number of hydrogen-bond acceptors (Lipinski definition) is 5. The number of aryl methyl sites for hydroxylation is 1. The minimum Gasteiger partial charge on any atom is -0.453 e. The monoisotopic (exact) mass is 257 g/mol. The van der Waals surface area contributed by atoms with E-state index in [0.29, 0.717) is 24.0 Å². The normalized spacial score (nSPS) is 11.2. The number of nitrogens with zero attached hydrogens (tertiary/aromatic N) is 2. The molecular formula is C14H15N3O2. The van der Waals surface area contributed by atoms with Crippen molar-refractivity contribution in [2.45, 2.75) is 19.3 Å². The van der Waals surface area contributed by atoms with Gasteiger partial charge in [0, 0.05) is 11.8 Å². The highest BCUT2D eigenvalue weighted by atomic mass is 16.5. The minimum absolute atomic E-state index is 0.499. The van der Waals surface area contributed by atoms with Crippen LogP contribution in [0.1, 0.15) is 18.7 Å². The Morgan fingerprint density at radius 2 is 2.05 bits per heavy atom. The molecule has 5 heteroatoms. The average molecular weight is 257 g/mol. The van der Waals surface area contributed by atoms with Crippen LogP contribution in [0.15, 0.2) is 39.3 Å². The second-order valence-electron chi connectivity index (χ2n) is 4.41. The highest BCUT2D eigenvalue weighted by Crippen LogP contribution is 2.25. The quantitative estimate of drug-likeness (QED) is 0.711. The fourth-order valence-corrected chi connectivity index (χ4v) is 1.97. The van der Waals surface area contributed by atoms with Crippen molar-refractivity contribution in [1.29, 1.82) is 0 Å². The molecule has 0 unspecified atom stereocenters. The van der Waals surface area contributed by atoms with Crippen molar-refractivity contribution in [3.63, 3.8) is 0 Å². The summed E-state index contributed by atoms with van der Waals surface area (Å²) in [5, 5.41) is 4.98. The van der Waals surface area contributed by atoms with Crippen LogP contribution in [0, 0.1) is 0 Å². The third kappa shape index (κ3) is 2.51. The van der Waals surface area contributed by atoms with Gasteiger partial charge in [-0.3, -0.25) is 0 Å². The number of aromatic nitrogens is 2. The summed E-state index contributed by atoms with van der Waals surface area (Å²) in [4.78, 5) is 4.34. The van der Waals surface area contributed by atoms with Crippen LogP contribution in [0.2, 0.25) is 0 Å². The molecular weight excluding hydrogens is 242 g/mol. The topological polar surface area (TPSA) is 78.1 Å². The summed E-state index contributed by atoms with van der Waals surface area (Å²) in [7, 11) is 0. The molecule has 2 N–H and O–H groups in total. The average Bonchev–Trinajstić information content (AvgIpc) is 3.04. The third-order valence-electron chi connectivity index (χ3n) is 2.96. The zero-order valence-electron chi connectivity index (χ0n) is 10.5. The number of benzene rings is 1. The molecule has 0 saturated carbocycles. The molecule has 2 aromatic heterocycles. The standard InChI is InChI=1S/C14H15N3O2/c15-8-4-3-7-13-16-14(17-19-13)12-9-10-5-1-2-6-11(10)18-12/h1-2,5-6,9H,3-4,7-8,15H2. The van der Waals surface area contributed by atoms with E-state index in [9.17, 15) is 0 Å². The highest BCUT2D eigenvalue weighted by molar-refractivity contribution is 5.81. The molecule has 0 saturated heterocycles. The molecule has 0 spiro atoms. The number of rotatable bonds is 5. The number of fused-ring (bicyclic) bond motifs is 1. The molecule has 3 rings (SSSR count). The molecule has 2 heterocycles. The van der Waals surface area contributed by atoms with Gasteiger partial charge in [-0.15, -0.1) is 0 Å². The fourth-order valence-electron chi connectivity index (χ4n) is 1.97. The van der Waals surface area contributed by atoms with E-state index in [4.69, 9.17) is 14.7 Å². The molecule has 19 heavy (non-hydrogen) atoms. The van der Waals surface area contributed by atoms with Crippen LogP contribution in [-0.2, 0) is 6.42 Å². The zero-order valence-corrected chi connectivity index (χ0v) is 10.5. The maximum absolute atomic E-state index is 5.69. The first-order valence-electron chi connectivity index (χ1n) is 6.38. The van der Waals surface area contributed by atoms with Crippen LogP contribution in [0.5, 0.6) is 0 Å². The van der Waals surface area contributed by atoms with E-state index in [1.165, 1.54) is 0 Å². The number of nitrogens with two attached hydrogens (primary N) is 1. The highest BCUT2D eigenvalue weighted by Gasteiger charge is 2.12. The summed E-state index contributed by atoms with van der Waals surface area (Å²) in [5.41, 5.74) is 6.28. The van der Waals surface area contributed by atoms with Crippen LogP contribution in [0.4, 0.5) is 0 Å². The molecule has 98 valence electrons. The second-order valence-corrected chi connectivity index (χ2v) is 4.41. The van der Waals surface area contributed by atoms with E-state index >= 15 is 0 Å². The van der Waals surface area contributed by atoms with E-state index in [1.54, 1.807) is 0 Å². The largest absolute Gasteiger partial charge is 0.453 e. The lowest BCUT2D eigenvalue weighted by molar-refractivity contribution is 0.374. The van der Waals surface area contributed by atoms with Crippen molar-refractivity contribution >= 4 is 11.0 Å². The van der Waals surface area contributed by atoms with E-state index < -0.39 is 0 Å². The smallest absolute Gasteiger partial charge is 0.238 e. The Labute approximate surface area is 110 Å². The summed E-state index contributed by atoms with van der Waals surface area (Å²) in [6.07, 6.45) is 2.67. The van der Waals surface area contributed by atoms with Crippen LogP contribution in [0.25, 0.3) is 22.6 Å². The minimum atomic E-state index is 0.499.